The smallest absolute Gasteiger partial charge is 0.410 e. The second-order valence-corrected chi connectivity index (χ2v) is 5.70. The summed E-state index contributed by atoms with van der Waals surface area (Å²) < 4.78 is 5.26. The lowest BCUT2D eigenvalue weighted by Crippen LogP contribution is -2.50. The van der Waals surface area contributed by atoms with E-state index in [4.69, 9.17) is 9.84 Å². The SMILES string of the molecule is CC[C@@H](NC(=O)[C@H]1CCCN1C(=O)OCc1ccccc1)C(=O)O. The van der Waals surface area contributed by atoms with Crippen molar-refractivity contribution in [2.45, 2.75) is 44.9 Å². The van der Waals surface area contributed by atoms with E-state index in [1.807, 2.05) is 30.3 Å². The van der Waals surface area contributed by atoms with Crippen molar-refractivity contribution in [3.63, 3.8) is 0 Å². The maximum Gasteiger partial charge on any atom is 0.410 e. The topological polar surface area (TPSA) is 95.9 Å². The monoisotopic (exact) mass is 334 g/mol. The largest absolute Gasteiger partial charge is 0.480 e. The van der Waals surface area contributed by atoms with Gasteiger partial charge in [0.05, 0.1) is 0 Å². The Morgan fingerprint density at radius 3 is 2.67 bits per heavy atom. The van der Waals surface area contributed by atoms with Gasteiger partial charge in [0.25, 0.3) is 0 Å². The van der Waals surface area contributed by atoms with Gasteiger partial charge in [-0.1, -0.05) is 37.3 Å². The van der Waals surface area contributed by atoms with Crippen molar-refractivity contribution in [1.82, 2.24) is 10.2 Å². The molecule has 2 N–H and O–H groups in total. The van der Waals surface area contributed by atoms with Crippen molar-refractivity contribution in [3.05, 3.63) is 35.9 Å². The highest BCUT2D eigenvalue weighted by Crippen LogP contribution is 2.19. The zero-order chi connectivity index (χ0) is 17.5. The van der Waals surface area contributed by atoms with Gasteiger partial charge in [-0.25, -0.2) is 9.59 Å². The van der Waals surface area contributed by atoms with Crippen LogP contribution in [0.25, 0.3) is 0 Å². The van der Waals surface area contributed by atoms with Gasteiger partial charge in [0.2, 0.25) is 5.91 Å². The van der Waals surface area contributed by atoms with Crippen LogP contribution < -0.4 is 5.32 Å². The normalized spacial score (nSPS) is 18.0. The standard InChI is InChI=1S/C17H22N2O5/c1-2-13(16(21)22)18-15(20)14-9-6-10-19(14)17(23)24-11-12-7-4-3-5-8-12/h3-5,7-8,13-14H,2,6,9-11H2,1H3,(H,18,20)(H,21,22)/t13-,14-/m1/s1. The molecule has 0 bridgehead atoms. The highest BCUT2D eigenvalue weighted by molar-refractivity contribution is 5.89. The van der Waals surface area contributed by atoms with Crippen molar-refractivity contribution in [2.24, 2.45) is 0 Å². The molecular formula is C17H22N2O5. The van der Waals surface area contributed by atoms with Crippen LogP contribution in [0.1, 0.15) is 31.7 Å². The number of carbonyl (C=O) groups is 3. The van der Waals surface area contributed by atoms with Crippen LogP contribution in [0.5, 0.6) is 0 Å². The molecule has 0 aromatic heterocycles. The number of benzene rings is 1. The number of carbonyl (C=O) groups excluding carboxylic acids is 2. The summed E-state index contributed by atoms with van der Waals surface area (Å²) >= 11 is 0. The highest BCUT2D eigenvalue weighted by Gasteiger charge is 2.36. The minimum Gasteiger partial charge on any atom is -0.480 e. The van der Waals surface area contributed by atoms with Crippen LogP contribution in [0.2, 0.25) is 0 Å². The van der Waals surface area contributed by atoms with Crippen LogP contribution >= 0.6 is 0 Å². The second kappa shape index (κ2) is 8.33. The third kappa shape index (κ3) is 4.47. The number of nitrogens with one attached hydrogen (secondary N) is 1. The third-order valence-corrected chi connectivity index (χ3v) is 4.02. The minimum atomic E-state index is -1.08. The Labute approximate surface area is 140 Å². The fourth-order valence-electron chi connectivity index (χ4n) is 2.67. The Hall–Kier alpha value is -2.57. The maximum atomic E-state index is 12.3. The van der Waals surface area contributed by atoms with Crippen LogP contribution in [0, 0.1) is 0 Å². The molecule has 2 rings (SSSR count). The summed E-state index contributed by atoms with van der Waals surface area (Å²) in [4.78, 5) is 36.9. The first kappa shape index (κ1) is 17.8. The first-order chi connectivity index (χ1) is 11.5. The minimum absolute atomic E-state index is 0.136. The molecule has 0 unspecified atom stereocenters. The van der Waals surface area contributed by atoms with Crippen molar-refractivity contribution < 1.29 is 24.2 Å². The van der Waals surface area contributed by atoms with Gasteiger partial charge in [0, 0.05) is 6.54 Å². The molecule has 130 valence electrons. The lowest BCUT2D eigenvalue weighted by molar-refractivity contribution is -0.142. The maximum absolute atomic E-state index is 12.3. The molecule has 0 spiro atoms. The third-order valence-electron chi connectivity index (χ3n) is 4.02. The van der Waals surface area contributed by atoms with Crippen LogP contribution in [0.15, 0.2) is 30.3 Å². The summed E-state index contributed by atoms with van der Waals surface area (Å²) in [6, 6.07) is 7.65. The average molecular weight is 334 g/mol. The van der Waals surface area contributed by atoms with Gasteiger partial charge in [0.1, 0.15) is 18.7 Å². The second-order valence-electron chi connectivity index (χ2n) is 5.70. The number of carboxylic acid groups (broad SMARTS) is 1. The van der Waals surface area contributed by atoms with Crippen molar-refractivity contribution >= 4 is 18.0 Å². The predicted molar refractivity (Wildman–Crippen MR) is 86.2 cm³/mol. The van der Waals surface area contributed by atoms with E-state index in [1.165, 1.54) is 4.90 Å². The zero-order valence-electron chi connectivity index (χ0n) is 13.6. The van der Waals surface area contributed by atoms with Gasteiger partial charge in [0.15, 0.2) is 0 Å². The van der Waals surface area contributed by atoms with E-state index in [9.17, 15) is 14.4 Å². The number of hydrogen-bond donors (Lipinski definition) is 2. The van der Waals surface area contributed by atoms with Gasteiger partial charge >= 0.3 is 12.1 Å². The van der Waals surface area contributed by atoms with E-state index in [0.717, 1.165) is 5.56 Å². The molecule has 1 aromatic carbocycles. The number of ether oxygens (including phenoxy) is 1. The van der Waals surface area contributed by atoms with Gasteiger partial charge in [-0.2, -0.15) is 0 Å². The van der Waals surface area contributed by atoms with Crippen LogP contribution in [0.3, 0.4) is 0 Å². The zero-order valence-corrected chi connectivity index (χ0v) is 13.6. The number of aliphatic carboxylic acids is 1. The number of likely N-dealkylation sites (tertiary alicyclic amines) is 1. The molecule has 1 aromatic rings. The first-order valence-corrected chi connectivity index (χ1v) is 8.03. The number of rotatable bonds is 6. The molecular weight excluding hydrogens is 312 g/mol. The number of hydrogen-bond acceptors (Lipinski definition) is 4. The molecule has 2 amide bonds. The lowest BCUT2D eigenvalue weighted by atomic mass is 10.1. The van der Waals surface area contributed by atoms with Gasteiger partial charge in [-0.15, -0.1) is 0 Å². The highest BCUT2D eigenvalue weighted by atomic mass is 16.6. The molecule has 24 heavy (non-hydrogen) atoms. The van der Waals surface area contributed by atoms with E-state index >= 15 is 0 Å². The molecule has 2 atom stereocenters. The van der Waals surface area contributed by atoms with Gasteiger partial charge in [-0.3, -0.25) is 9.69 Å². The van der Waals surface area contributed by atoms with Crippen molar-refractivity contribution in [2.75, 3.05) is 6.54 Å². The molecule has 1 aliphatic rings. The molecule has 1 saturated heterocycles. The summed E-state index contributed by atoms with van der Waals surface area (Å²) in [6.45, 7) is 2.24. The number of amides is 2. The fourth-order valence-corrected chi connectivity index (χ4v) is 2.67. The molecule has 1 heterocycles. The Balaban J connectivity index is 1.92. The Bertz CT molecular complexity index is 590. The summed E-state index contributed by atoms with van der Waals surface area (Å²) in [5.41, 5.74) is 0.864. The lowest BCUT2D eigenvalue weighted by Gasteiger charge is -2.24. The predicted octanol–water partition coefficient (Wildman–Crippen LogP) is 1.77. The van der Waals surface area contributed by atoms with E-state index < -0.39 is 30.1 Å². The van der Waals surface area contributed by atoms with Crippen LogP contribution in [0.4, 0.5) is 4.79 Å². The number of carboxylic acids is 1. The number of nitrogens with zero attached hydrogens (tertiary/aromatic N) is 1. The Morgan fingerprint density at radius 2 is 2.04 bits per heavy atom. The molecule has 1 fully saturated rings. The first-order valence-electron chi connectivity index (χ1n) is 8.03. The van der Waals surface area contributed by atoms with Crippen molar-refractivity contribution in [1.29, 1.82) is 0 Å². The van der Waals surface area contributed by atoms with Crippen molar-refractivity contribution in [3.8, 4) is 0 Å². The van der Waals surface area contributed by atoms with E-state index in [-0.39, 0.29) is 13.0 Å². The average Bonchev–Trinajstić information content (AvgIpc) is 3.08. The Kier molecular flexibility index (Phi) is 6.17. The van der Waals surface area contributed by atoms with E-state index in [1.54, 1.807) is 6.92 Å². The van der Waals surface area contributed by atoms with Crippen LogP contribution in [-0.4, -0.2) is 46.6 Å². The molecule has 0 saturated carbocycles. The van der Waals surface area contributed by atoms with E-state index in [2.05, 4.69) is 5.32 Å². The molecule has 7 nitrogen and oxygen atoms in total. The molecule has 0 radical (unpaired) electrons. The van der Waals surface area contributed by atoms with Gasteiger partial charge < -0.3 is 15.2 Å². The van der Waals surface area contributed by atoms with Gasteiger partial charge in [-0.05, 0) is 24.8 Å². The Morgan fingerprint density at radius 1 is 1.33 bits per heavy atom. The summed E-state index contributed by atoms with van der Waals surface area (Å²) in [6.07, 6.45) is 0.914. The molecule has 7 heteroatoms. The summed E-state index contributed by atoms with van der Waals surface area (Å²) in [7, 11) is 0. The van der Waals surface area contributed by atoms with E-state index in [0.29, 0.717) is 19.4 Å². The fraction of sp³-hybridized carbons (Fsp3) is 0.471. The summed E-state index contributed by atoms with van der Waals surface area (Å²) in [5, 5.41) is 11.5. The molecule has 1 aliphatic heterocycles. The molecule has 0 aliphatic carbocycles. The quantitative estimate of drug-likeness (QED) is 0.826. The summed E-state index contributed by atoms with van der Waals surface area (Å²) in [5.74, 6) is -1.53. The van der Waals surface area contributed by atoms with Crippen LogP contribution in [-0.2, 0) is 20.9 Å².